The SMILES string of the molecule is CCCN(CCC)C1=C(S(=O)(=O)Nc2ccc(OC)cc2)C(=O)c2ccccc2C1=O. The van der Waals surface area contributed by atoms with Gasteiger partial charge in [0.25, 0.3) is 10.0 Å². The normalized spacial score (nSPS) is 13.8. The van der Waals surface area contributed by atoms with Crippen LogP contribution in [0.15, 0.2) is 59.1 Å². The van der Waals surface area contributed by atoms with Gasteiger partial charge in [-0.05, 0) is 37.1 Å². The zero-order chi connectivity index (χ0) is 22.6. The highest BCUT2D eigenvalue weighted by Gasteiger charge is 2.41. The van der Waals surface area contributed by atoms with E-state index < -0.39 is 26.5 Å². The molecule has 31 heavy (non-hydrogen) atoms. The number of hydrogen-bond donors (Lipinski definition) is 1. The van der Waals surface area contributed by atoms with Crippen LogP contribution in [0.2, 0.25) is 0 Å². The first-order valence-corrected chi connectivity index (χ1v) is 11.7. The largest absolute Gasteiger partial charge is 0.497 e. The van der Waals surface area contributed by atoms with Crippen molar-refractivity contribution in [2.45, 2.75) is 26.7 Å². The van der Waals surface area contributed by atoms with Crippen molar-refractivity contribution in [3.63, 3.8) is 0 Å². The molecule has 0 heterocycles. The number of methoxy groups -OCH3 is 1. The summed E-state index contributed by atoms with van der Waals surface area (Å²) in [6, 6.07) is 12.6. The molecular weight excluding hydrogens is 416 g/mol. The van der Waals surface area contributed by atoms with Crippen molar-refractivity contribution in [2.24, 2.45) is 0 Å². The highest BCUT2D eigenvalue weighted by atomic mass is 32.2. The van der Waals surface area contributed by atoms with Crippen LogP contribution in [0.25, 0.3) is 0 Å². The van der Waals surface area contributed by atoms with E-state index in [0.717, 1.165) is 0 Å². The molecular formula is C23H26N2O5S. The van der Waals surface area contributed by atoms with E-state index >= 15 is 0 Å². The molecule has 0 aromatic heterocycles. The average molecular weight is 443 g/mol. The molecule has 2 aromatic carbocycles. The van der Waals surface area contributed by atoms with Gasteiger partial charge in [-0.25, -0.2) is 8.42 Å². The second kappa shape index (κ2) is 9.34. The maximum Gasteiger partial charge on any atom is 0.268 e. The number of Topliss-reactive ketones (excluding diaryl/α,β-unsaturated/α-hetero) is 2. The highest BCUT2D eigenvalue weighted by Crippen LogP contribution is 2.32. The van der Waals surface area contributed by atoms with Gasteiger partial charge in [-0.2, -0.15) is 0 Å². The van der Waals surface area contributed by atoms with Crippen molar-refractivity contribution < 1.29 is 22.7 Å². The van der Waals surface area contributed by atoms with Crippen molar-refractivity contribution in [3.8, 4) is 5.75 Å². The van der Waals surface area contributed by atoms with Gasteiger partial charge in [0.05, 0.1) is 7.11 Å². The molecule has 0 atom stereocenters. The molecule has 0 saturated heterocycles. The quantitative estimate of drug-likeness (QED) is 0.634. The number of rotatable bonds is 9. The maximum atomic E-state index is 13.4. The molecule has 7 nitrogen and oxygen atoms in total. The Kier molecular flexibility index (Phi) is 6.80. The molecule has 3 rings (SSSR count). The summed E-state index contributed by atoms with van der Waals surface area (Å²) in [6.45, 7) is 4.81. The van der Waals surface area contributed by atoms with E-state index in [0.29, 0.717) is 31.7 Å². The second-order valence-electron chi connectivity index (χ2n) is 7.20. The number of ketones is 2. The third-order valence-electron chi connectivity index (χ3n) is 4.97. The van der Waals surface area contributed by atoms with Gasteiger partial charge in [-0.1, -0.05) is 38.1 Å². The van der Waals surface area contributed by atoms with Crippen LogP contribution in [-0.4, -0.2) is 45.1 Å². The number of ether oxygens (including phenoxy) is 1. The summed E-state index contributed by atoms with van der Waals surface area (Å²) in [6.07, 6.45) is 1.40. The Bertz CT molecular complexity index is 1110. The van der Waals surface area contributed by atoms with Gasteiger partial charge in [0.2, 0.25) is 11.6 Å². The van der Waals surface area contributed by atoms with E-state index in [-0.39, 0.29) is 22.5 Å². The average Bonchev–Trinajstić information content (AvgIpc) is 2.76. The van der Waals surface area contributed by atoms with Crippen LogP contribution in [0.1, 0.15) is 47.4 Å². The molecule has 1 aliphatic rings. The Hall–Kier alpha value is -3.13. The van der Waals surface area contributed by atoms with Crippen LogP contribution < -0.4 is 9.46 Å². The monoisotopic (exact) mass is 442 g/mol. The van der Waals surface area contributed by atoms with Gasteiger partial charge >= 0.3 is 0 Å². The van der Waals surface area contributed by atoms with E-state index in [1.165, 1.54) is 25.3 Å². The van der Waals surface area contributed by atoms with Crippen LogP contribution in [-0.2, 0) is 10.0 Å². The number of allylic oxidation sites excluding steroid dienone is 2. The lowest BCUT2D eigenvalue weighted by Crippen LogP contribution is -2.38. The van der Waals surface area contributed by atoms with Gasteiger partial charge in [0.15, 0.2) is 4.91 Å². The summed E-state index contributed by atoms with van der Waals surface area (Å²) >= 11 is 0. The van der Waals surface area contributed by atoms with Crippen molar-refractivity contribution in [2.75, 3.05) is 24.9 Å². The fourth-order valence-corrected chi connectivity index (χ4v) is 5.00. The number of carbonyl (C=O) groups is 2. The number of carbonyl (C=O) groups excluding carboxylic acids is 2. The number of hydrogen-bond acceptors (Lipinski definition) is 6. The molecule has 0 unspecified atom stereocenters. The fraction of sp³-hybridized carbons (Fsp3) is 0.304. The molecule has 8 heteroatoms. The molecule has 0 aliphatic heterocycles. The van der Waals surface area contributed by atoms with Crippen molar-refractivity contribution in [1.29, 1.82) is 0 Å². The number of nitrogens with one attached hydrogen (secondary N) is 1. The molecule has 0 saturated carbocycles. The number of sulfonamides is 1. The van der Waals surface area contributed by atoms with Crippen LogP contribution in [0.3, 0.4) is 0 Å². The van der Waals surface area contributed by atoms with E-state index in [1.807, 2.05) is 13.8 Å². The van der Waals surface area contributed by atoms with E-state index in [1.54, 1.807) is 35.2 Å². The Morgan fingerprint density at radius 2 is 1.42 bits per heavy atom. The second-order valence-corrected chi connectivity index (χ2v) is 8.82. The molecule has 1 N–H and O–H groups in total. The first-order valence-electron chi connectivity index (χ1n) is 10.2. The standard InChI is InChI=1S/C23H26N2O5S/c1-4-14-25(15-5-2)20-21(26)18-8-6-7-9-19(18)22(27)23(20)31(28,29)24-16-10-12-17(30-3)13-11-16/h6-13,24H,4-5,14-15H2,1-3H3. The summed E-state index contributed by atoms with van der Waals surface area (Å²) in [5.41, 5.74) is 0.528. The first-order chi connectivity index (χ1) is 14.8. The summed E-state index contributed by atoms with van der Waals surface area (Å²) in [7, 11) is -2.82. The minimum atomic E-state index is -4.33. The van der Waals surface area contributed by atoms with Crippen LogP contribution >= 0.6 is 0 Å². The van der Waals surface area contributed by atoms with Crippen LogP contribution in [0.5, 0.6) is 5.75 Å². The van der Waals surface area contributed by atoms with Gasteiger partial charge in [-0.15, -0.1) is 0 Å². The van der Waals surface area contributed by atoms with Crippen molar-refractivity contribution >= 4 is 27.3 Å². The lowest BCUT2D eigenvalue weighted by atomic mass is 9.91. The Labute approximate surface area is 182 Å². The molecule has 2 aromatic rings. The lowest BCUT2D eigenvalue weighted by molar-refractivity contribution is 0.0946. The van der Waals surface area contributed by atoms with Crippen molar-refractivity contribution in [1.82, 2.24) is 4.90 Å². The highest BCUT2D eigenvalue weighted by molar-refractivity contribution is 7.97. The molecule has 0 amide bonds. The Balaban J connectivity index is 2.16. The van der Waals surface area contributed by atoms with Crippen LogP contribution in [0, 0.1) is 0 Å². The van der Waals surface area contributed by atoms with Gasteiger partial charge in [-0.3, -0.25) is 14.3 Å². The third-order valence-corrected chi connectivity index (χ3v) is 6.39. The molecule has 0 radical (unpaired) electrons. The predicted octanol–water partition coefficient (Wildman–Crippen LogP) is 3.85. The Morgan fingerprint density at radius 1 is 0.871 bits per heavy atom. The molecule has 0 spiro atoms. The van der Waals surface area contributed by atoms with Gasteiger partial charge < -0.3 is 9.64 Å². The van der Waals surface area contributed by atoms with Crippen molar-refractivity contribution in [3.05, 3.63) is 70.3 Å². The number of anilines is 1. The predicted molar refractivity (Wildman–Crippen MR) is 120 cm³/mol. The zero-order valence-corrected chi connectivity index (χ0v) is 18.7. The zero-order valence-electron chi connectivity index (χ0n) is 17.8. The number of benzene rings is 2. The molecule has 164 valence electrons. The summed E-state index contributed by atoms with van der Waals surface area (Å²) in [5, 5.41) is 0. The molecule has 0 bridgehead atoms. The van der Waals surface area contributed by atoms with E-state index in [2.05, 4.69) is 4.72 Å². The maximum absolute atomic E-state index is 13.4. The topological polar surface area (TPSA) is 92.8 Å². The van der Waals surface area contributed by atoms with E-state index in [9.17, 15) is 18.0 Å². The summed E-state index contributed by atoms with van der Waals surface area (Å²) < 4.78 is 34.3. The minimum absolute atomic E-state index is 0.0617. The smallest absolute Gasteiger partial charge is 0.268 e. The summed E-state index contributed by atoms with van der Waals surface area (Å²) in [5.74, 6) is -0.562. The summed E-state index contributed by atoms with van der Waals surface area (Å²) in [4.78, 5) is 27.9. The first kappa shape index (κ1) is 22.6. The Morgan fingerprint density at radius 3 is 1.94 bits per heavy atom. The number of fused-ring (bicyclic) bond motifs is 1. The third kappa shape index (κ3) is 4.49. The van der Waals surface area contributed by atoms with Crippen LogP contribution in [0.4, 0.5) is 5.69 Å². The number of nitrogens with zero attached hydrogens (tertiary/aromatic N) is 1. The fourth-order valence-electron chi connectivity index (χ4n) is 3.62. The lowest BCUT2D eigenvalue weighted by Gasteiger charge is -2.31. The molecule has 0 fully saturated rings. The van der Waals surface area contributed by atoms with Gasteiger partial charge in [0.1, 0.15) is 11.4 Å². The molecule has 1 aliphatic carbocycles. The van der Waals surface area contributed by atoms with Gasteiger partial charge in [0, 0.05) is 29.9 Å². The van der Waals surface area contributed by atoms with E-state index in [4.69, 9.17) is 4.74 Å². The minimum Gasteiger partial charge on any atom is -0.497 e.